The maximum absolute atomic E-state index is 13.4. The Hall–Kier alpha value is -1.91. The molecule has 5 aliphatic rings. The van der Waals surface area contributed by atoms with Gasteiger partial charge in [0.05, 0.1) is 0 Å². The average Bonchev–Trinajstić information content (AvgIpc) is 3.33. The summed E-state index contributed by atoms with van der Waals surface area (Å²) in [7, 11) is 0. The zero-order valence-corrected chi connectivity index (χ0v) is 17.8. The minimum Gasteiger partial charge on any atom is -0.462 e. The third-order valence-electron chi connectivity index (χ3n) is 6.21. The number of anilines is 1. The second kappa shape index (κ2) is 6.32. The zero-order chi connectivity index (χ0) is 21.6. The minimum atomic E-state index is -1.06. The molecule has 1 aromatic rings. The summed E-state index contributed by atoms with van der Waals surface area (Å²) in [6.45, 7) is 7.37. The number of benzene rings is 1. The molecule has 0 radical (unpaired) electrons. The first-order valence-corrected chi connectivity index (χ1v) is 10.6. The van der Waals surface area contributed by atoms with Crippen LogP contribution in [0, 0.1) is 5.82 Å². The third kappa shape index (κ3) is 3.14. The van der Waals surface area contributed by atoms with Crippen molar-refractivity contribution in [3.63, 3.8) is 0 Å². The molecule has 0 unspecified atom stereocenters. The maximum atomic E-state index is 13.4. The lowest BCUT2D eigenvalue weighted by atomic mass is 9.95. The van der Waals surface area contributed by atoms with Gasteiger partial charge < -0.3 is 38.5 Å². The summed E-state index contributed by atoms with van der Waals surface area (Å²) in [5.74, 6) is -1.61. The van der Waals surface area contributed by atoms with Gasteiger partial charge in [0.15, 0.2) is 29.7 Å². The largest absolute Gasteiger partial charge is 0.462 e. The summed E-state index contributed by atoms with van der Waals surface area (Å²) in [6.07, 6.45) is -0.905. The highest BCUT2D eigenvalue weighted by Gasteiger charge is 2.66. The number of nitrogens with one attached hydrogen (secondary N) is 1. The first-order chi connectivity index (χ1) is 14.6. The molecule has 0 aromatic heterocycles. The molecule has 0 saturated carbocycles. The van der Waals surface area contributed by atoms with E-state index in [1.165, 1.54) is 12.1 Å². The van der Waals surface area contributed by atoms with E-state index in [2.05, 4.69) is 5.32 Å². The van der Waals surface area contributed by atoms with Gasteiger partial charge in [0.2, 0.25) is 12.1 Å². The molecule has 6 atom stereocenters. The summed E-state index contributed by atoms with van der Waals surface area (Å²) in [5, 5.41) is 3.44. The number of hydrogen-bond donors (Lipinski definition) is 1. The monoisotopic (exact) mass is 435 g/mol. The highest BCUT2D eigenvalue weighted by molar-refractivity contribution is 5.45. The van der Waals surface area contributed by atoms with Crippen LogP contribution in [0.15, 0.2) is 35.8 Å². The molecule has 5 aliphatic heterocycles. The Kier molecular flexibility index (Phi) is 4.03. The van der Waals surface area contributed by atoms with Crippen LogP contribution in [0.1, 0.15) is 40.5 Å². The van der Waals surface area contributed by atoms with Gasteiger partial charge in [-0.1, -0.05) is 0 Å². The van der Waals surface area contributed by atoms with E-state index in [0.29, 0.717) is 18.6 Å². The van der Waals surface area contributed by atoms with Gasteiger partial charge in [-0.25, -0.2) is 4.39 Å². The fourth-order valence-electron chi connectivity index (χ4n) is 4.99. The minimum absolute atomic E-state index is 0.304. The van der Waals surface area contributed by atoms with Crippen molar-refractivity contribution in [2.75, 3.05) is 5.32 Å². The van der Waals surface area contributed by atoms with Crippen molar-refractivity contribution in [1.82, 2.24) is 0 Å². The highest BCUT2D eigenvalue weighted by Crippen LogP contribution is 2.53. The fraction of sp³-hybridized carbons (Fsp3) is 0.636. The summed E-state index contributed by atoms with van der Waals surface area (Å²) in [6, 6.07) is 5.75. The second-order valence-electron chi connectivity index (χ2n) is 9.46. The Balaban J connectivity index is 1.32. The summed E-state index contributed by atoms with van der Waals surface area (Å²) >= 11 is 0. The van der Waals surface area contributed by atoms with Crippen molar-refractivity contribution in [3.8, 4) is 0 Å². The number of hydrogen-bond acceptors (Lipinski definition) is 8. The summed E-state index contributed by atoms with van der Waals surface area (Å²) in [5.41, 5.74) is 0.730. The van der Waals surface area contributed by atoms with Gasteiger partial charge >= 0.3 is 0 Å². The van der Waals surface area contributed by atoms with Crippen molar-refractivity contribution < 1.29 is 37.5 Å². The first kappa shape index (κ1) is 19.8. The average molecular weight is 435 g/mol. The van der Waals surface area contributed by atoms with Crippen LogP contribution in [0.4, 0.5) is 10.1 Å². The molecule has 9 heteroatoms. The normalized spacial score (nSPS) is 41.5. The van der Waals surface area contributed by atoms with Gasteiger partial charge in [-0.05, 0) is 52.0 Å². The number of ether oxygens (including phenoxy) is 7. The highest BCUT2D eigenvalue weighted by atomic mass is 19.1. The standard InChI is InChI=1S/C22H26FNO7/c1-20(2)26-15-14-13(25-18(15)29-20)9-10-22(28-14)17(24-12-7-5-11(23)6-8-12)16-19(31-22)30-21(3,4)27-16/h5-8,15-19,24H,9-10H2,1-4H3/t15-,16-,17+,18-,19+,22+/m1/s1. The lowest BCUT2D eigenvalue weighted by molar-refractivity contribution is -0.296. The van der Waals surface area contributed by atoms with Crippen LogP contribution in [-0.4, -0.2) is 48.2 Å². The van der Waals surface area contributed by atoms with E-state index in [1.807, 2.05) is 27.7 Å². The molecule has 5 heterocycles. The molecule has 1 N–H and O–H groups in total. The molecule has 8 nitrogen and oxygen atoms in total. The molecule has 0 amide bonds. The van der Waals surface area contributed by atoms with Crippen LogP contribution in [0.3, 0.4) is 0 Å². The number of halogens is 1. The second-order valence-corrected chi connectivity index (χ2v) is 9.46. The van der Waals surface area contributed by atoms with Crippen molar-refractivity contribution in [2.45, 2.75) is 88.7 Å². The van der Waals surface area contributed by atoms with Crippen molar-refractivity contribution in [3.05, 3.63) is 41.6 Å². The molecule has 168 valence electrons. The lowest BCUT2D eigenvalue weighted by Crippen LogP contribution is -2.53. The Morgan fingerprint density at radius 1 is 0.903 bits per heavy atom. The number of rotatable bonds is 2. The molecule has 31 heavy (non-hydrogen) atoms. The van der Waals surface area contributed by atoms with Crippen molar-refractivity contribution in [2.24, 2.45) is 0 Å². The van der Waals surface area contributed by atoms with Crippen LogP contribution in [0.2, 0.25) is 0 Å². The van der Waals surface area contributed by atoms with Gasteiger partial charge in [-0.3, -0.25) is 0 Å². The van der Waals surface area contributed by atoms with E-state index in [9.17, 15) is 4.39 Å². The quantitative estimate of drug-likeness (QED) is 0.758. The molecular weight excluding hydrogens is 409 g/mol. The van der Waals surface area contributed by atoms with Crippen LogP contribution in [0.25, 0.3) is 0 Å². The van der Waals surface area contributed by atoms with E-state index in [4.69, 9.17) is 33.2 Å². The van der Waals surface area contributed by atoms with Crippen LogP contribution < -0.4 is 5.32 Å². The van der Waals surface area contributed by atoms with Gasteiger partial charge in [0.25, 0.3) is 0 Å². The smallest absolute Gasteiger partial charge is 0.236 e. The Labute approximate surface area is 179 Å². The van der Waals surface area contributed by atoms with Crippen LogP contribution in [-0.2, 0) is 33.2 Å². The molecule has 1 aromatic carbocycles. The Morgan fingerprint density at radius 2 is 1.61 bits per heavy atom. The third-order valence-corrected chi connectivity index (χ3v) is 6.21. The predicted molar refractivity (Wildman–Crippen MR) is 104 cm³/mol. The van der Waals surface area contributed by atoms with Crippen molar-refractivity contribution in [1.29, 1.82) is 0 Å². The molecule has 0 bridgehead atoms. The maximum Gasteiger partial charge on any atom is 0.236 e. The molecule has 6 rings (SSSR count). The van der Waals surface area contributed by atoms with Crippen LogP contribution >= 0.6 is 0 Å². The molecular formula is C22H26FNO7. The lowest BCUT2D eigenvalue weighted by Gasteiger charge is -2.40. The molecule has 0 aliphatic carbocycles. The molecule has 3 saturated heterocycles. The fourth-order valence-corrected chi connectivity index (χ4v) is 4.99. The van der Waals surface area contributed by atoms with Gasteiger partial charge in [0, 0.05) is 18.5 Å². The van der Waals surface area contributed by atoms with E-state index in [1.54, 1.807) is 12.1 Å². The zero-order valence-electron chi connectivity index (χ0n) is 17.8. The van der Waals surface area contributed by atoms with E-state index in [0.717, 1.165) is 11.4 Å². The van der Waals surface area contributed by atoms with Gasteiger partial charge in [-0.15, -0.1) is 0 Å². The van der Waals surface area contributed by atoms with Crippen molar-refractivity contribution >= 4 is 5.69 Å². The van der Waals surface area contributed by atoms with E-state index >= 15 is 0 Å². The van der Waals surface area contributed by atoms with E-state index < -0.39 is 48.2 Å². The van der Waals surface area contributed by atoms with E-state index in [-0.39, 0.29) is 5.82 Å². The van der Waals surface area contributed by atoms with Gasteiger partial charge in [-0.2, -0.15) is 0 Å². The molecule has 3 fully saturated rings. The van der Waals surface area contributed by atoms with Crippen LogP contribution in [0.5, 0.6) is 0 Å². The summed E-state index contributed by atoms with van der Waals surface area (Å²) < 4.78 is 56.3. The van der Waals surface area contributed by atoms with Gasteiger partial charge in [0.1, 0.15) is 23.7 Å². The predicted octanol–water partition coefficient (Wildman–Crippen LogP) is 3.34. The number of fused-ring (bicyclic) bond motifs is 3. The Morgan fingerprint density at radius 3 is 2.39 bits per heavy atom. The topological polar surface area (TPSA) is 76.6 Å². The Bertz CT molecular complexity index is 932. The SMILES string of the molecule is CC1(C)O[C@H]2O[C@@]3(CCC4=C(O3)[C@H]3OC(C)(C)O[C@H]3O4)[C@@H](Nc3ccc(F)cc3)[C@H]2O1. The first-order valence-electron chi connectivity index (χ1n) is 10.6. The summed E-state index contributed by atoms with van der Waals surface area (Å²) in [4.78, 5) is 0. The molecule has 1 spiro atoms. The number of allylic oxidation sites excluding steroid dienone is 1.